The van der Waals surface area contributed by atoms with Crippen molar-refractivity contribution in [1.82, 2.24) is 4.98 Å². The van der Waals surface area contributed by atoms with Gasteiger partial charge in [0.25, 0.3) is 0 Å². The second kappa shape index (κ2) is 5.09. The highest BCUT2D eigenvalue weighted by Crippen LogP contribution is 2.26. The Morgan fingerprint density at radius 2 is 2.00 bits per heavy atom. The van der Waals surface area contributed by atoms with Gasteiger partial charge in [0.1, 0.15) is 18.4 Å². The highest BCUT2D eigenvalue weighted by atomic mass is 32.1. The van der Waals surface area contributed by atoms with E-state index in [1.54, 1.807) is 0 Å². The third kappa shape index (κ3) is 2.56. The number of ether oxygens (including phenoxy) is 1. The van der Waals surface area contributed by atoms with Crippen molar-refractivity contribution >= 4 is 21.6 Å². The zero-order valence-electron chi connectivity index (χ0n) is 10.0. The molecule has 0 amide bonds. The summed E-state index contributed by atoms with van der Waals surface area (Å²) in [6, 6.07) is 17.8. The maximum absolute atomic E-state index is 8.83. The van der Waals surface area contributed by atoms with E-state index in [2.05, 4.69) is 11.1 Å². The summed E-state index contributed by atoms with van der Waals surface area (Å²) in [7, 11) is 0. The number of benzene rings is 2. The van der Waals surface area contributed by atoms with Crippen LogP contribution in [0.25, 0.3) is 10.2 Å². The van der Waals surface area contributed by atoms with E-state index in [9.17, 15) is 0 Å². The van der Waals surface area contributed by atoms with Gasteiger partial charge in [0.15, 0.2) is 5.01 Å². The molecule has 0 radical (unpaired) electrons. The second-order valence-corrected chi connectivity index (χ2v) is 5.07. The molecule has 2 aromatic carbocycles. The van der Waals surface area contributed by atoms with Gasteiger partial charge in [-0.05, 0) is 23.8 Å². The van der Waals surface area contributed by atoms with E-state index in [1.807, 2.05) is 48.5 Å². The zero-order valence-corrected chi connectivity index (χ0v) is 10.9. The molecule has 0 bridgehead atoms. The third-order valence-corrected chi connectivity index (χ3v) is 3.63. The normalized spacial score (nSPS) is 10.3. The van der Waals surface area contributed by atoms with Crippen LogP contribution in [-0.2, 0) is 6.61 Å². The molecule has 0 aliphatic carbocycles. The molecular formula is C15H10N2OS. The molecule has 1 aromatic heterocycles. The average molecular weight is 266 g/mol. The van der Waals surface area contributed by atoms with Crippen molar-refractivity contribution < 1.29 is 4.74 Å². The van der Waals surface area contributed by atoms with Crippen molar-refractivity contribution in [3.05, 3.63) is 59.1 Å². The van der Waals surface area contributed by atoms with E-state index in [-0.39, 0.29) is 0 Å². The molecule has 0 aliphatic rings. The number of hydrogen-bond donors (Lipinski definition) is 0. The Morgan fingerprint density at radius 1 is 1.16 bits per heavy atom. The van der Waals surface area contributed by atoms with E-state index in [0.717, 1.165) is 21.5 Å². The molecule has 0 spiro atoms. The lowest BCUT2D eigenvalue weighted by Crippen LogP contribution is -1.94. The molecule has 0 fully saturated rings. The smallest absolute Gasteiger partial charge is 0.195 e. The molecule has 0 unspecified atom stereocenters. The summed E-state index contributed by atoms with van der Waals surface area (Å²) in [5, 5.41) is 9.31. The topological polar surface area (TPSA) is 45.9 Å². The molecular weight excluding hydrogens is 256 g/mol. The van der Waals surface area contributed by atoms with Gasteiger partial charge in [-0.25, -0.2) is 4.98 Å². The van der Waals surface area contributed by atoms with Crippen LogP contribution in [0.3, 0.4) is 0 Å². The molecule has 4 heteroatoms. The first-order valence-electron chi connectivity index (χ1n) is 5.82. The Hall–Kier alpha value is -2.38. The number of fused-ring (bicyclic) bond motifs is 1. The SMILES string of the molecule is N#Cc1nc2ccc(OCc3ccccc3)cc2s1. The lowest BCUT2D eigenvalue weighted by Gasteiger charge is -2.05. The predicted octanol–water partition coefficient (Wildman–Crippen LogP) is 3.75. The van der Waals surface area contributed by atoms with Crippen LogP contribution in [0.2, 0.25) is 0 Å². The summed E-state index contributed by atoms with van der Waals surface area (Å²) >= 11 is 1.38. The fourth-order valence-corrected chi connectivity index (χ4v) is 2.57. The van der Waals surface area contributed by atoms with Crippen molar-refractivity contribution in [3.8, 4) is 11.8 Å². The highest BCUT2D eigenvalue weighted by molar-refractivity contribution is 7.19. The first-order chi connectivity index (χ1) is 9.35. The second-order valence-electron chi connectivity index (χ2n) is 4.03. The minimum absolute atomic E-state index is 0.482. The van der Waals surface area contributed by atoms with E-state index < -0.39 is 0 Å². The summed E-state index contributed by atoms with van der Waals surface area (Å²) in [6.45, 7) is 0.538. The fraction of sp³-hybridized carbons (Fsp3) is 0.0667. The van der Waals surface area contributed by atoms with Crippen LogP contribution in [0.1, 0.15) is 10.6 Å². The number of hydrogen-bond acceptors (Lipinski definition) is 4. The quantitative estimate of drug-likeness (QED) is 0.725. The molecule has 0 saturated heterocycles. The van der Waals surface area contributed by atoms with E-state index >= 15 is 0 Å². The largest absolute Gasteiger partial charge is 0.489 e. The Kier molecular flexibility index (Phi) is 3.13. The molecule has 3 rings (SSSR count). The minimum Gasteiger partial charge on any atom is -0.489 e. The number of nitrogens with zero attached hydrogens (tertiary/aromatic N) is 2. The molecule has 1 heterocycles. The monoisotopic (exact) mass is 266 g/mol. The molecule has 3 nitrogen and oxygen atoms in total. The lowest BCUT2D eigenvalue weighted by atomic mass is 10.2. The van der Waals surface area contributed by atoms with Crippen LogP contribution in [0.4, 0.5) is 0 Å². The number of nitriles is 1. The fourth-order valence-electron chi connectivity index (χ4n) is 1.78. The number of thiazole rings is 1. The maximum atomic E-state index is 8.83. The Morgan fingerprint density at radius 3 is 2.79 bits per heavy atom. The first-order valence-corrected chi connectivity index (χ1v) is 6.64. The van der Waals surface area contributed by atoms with Crippen molar-refractivity contribution in [2.75, 3.05) is 0 Å². The summed E-state index contributed by atoms with van der Waals surface area (Å²) in [5.74, 6) is 0.796. The molecule has 3 aromatic rings. The van der Waals surface area contributed by atoms with Gasteiger partial charge in [-0.3, -0.25) is 0 Å². The van der Waals surface area contributed by atoms with Crippen LogP contribution in [0, 0.1) is 11.3 Å². The Bertz CT molecular complexity index is 744. The highest BCUT2D eigenvalue weighted by Gasteiger charge is 2.04. The van der Waals surface area contributed by atoms with E-state index in [1.165, 1.54) is 11.3 Å². The van der Waals surface area contributed by atoms with Crippen molar-refractivity contribution in [2.24, 2.45) is 0 Å². The van der Waals surface area contributed by atoms with Gasteiger partial charge in [-0.1, -0.05) is 30.3 Å². The average Bonchev–Trinajstić information content (AvgIpc) is 2.88. The van der Waals surface area contributed by atoms with E-state index in [4.69, 9.17) is 10.00 Å². The van der Waals surface area contributed by atoms with Gasteiger partial charge in [-0.2, -0.15) is 5.26 Å². The first kappa shape index (κ1) is 11.7. The standard InChI is InChI=1S/C15H10N2OS/c16-9-15-17-13-7-6-12(8-14(13)19-15)18-10-11-4-2-1-3-5-11/h1-8H,10H2. The summed E-state index contributed by atoms with van der Waals surface area (Å²) < 4.78 is 6.71. The van der Waals surface area contributed by atoms with Crippen molar-refractivity contribution in [3.63, 3.8) is 0 Å². The van der Waals surface area contributed by atoms with Crippen LogP contribution >= 0.6 is 11.3 Å². The summed E-state index contributed by atoms with van der Waals surface area (Å²) in [4.78, 5) is 4.19. The molecule has 0 saturated carbocycles. The number of rotatable bonds is 3. The predicted molar refractivity (Wildman–Crippen MR) is 75.1 cm³/mol. The van der Waals surface area contributed by atoms with Crippen LogP contribution in [0.15, 0.2) is 48.5 Å². The van der Waals surface area contributed by atoms with Gasteiger partial charge in [0.2, 0.25) is 0 Å². The maximum Gasteiger partial charge on any atom is 0.195 e. The van der Waals surface area contributed by atoms with Gasteiger partial charge < -0.3 is 4.74 Å². The van der Waals surface area contributed by atoms with Gasteiger partial charge in [0.05, 0.1) is 10.2 Å². The Balaban J connectivity index is 1.80. The molecule has 19 heavy (non-hydrogen) atoms. The molecule has 0 N–H and O–H groups in total. The van der Waals surface area contributed by atoms with E-state index in [0.29, 0.717) is 11.6 Å². The van der Waals surface area contributed by atoms with Gasteiger partial charge >= 0.3 is 0 Å². The van der Waals surface area contributed by atoms with Gasteiger partial charge in [-0.15, -0.1) is 11.3 Å². The molecule has 0 aliphatic heterocycles. The molecule has 0 atom stereocenters. The third-order valence-electron chi connectivity index (χ3n) is 2.70. The minimum atomic E-state index is 0.482. The van der Waals surface area contributed by atoms with Crippen molar-refractivity contribution in [2.45, 2.75) is 6.61 Å². The Labute approximate surface area is 114 Å². The number of aromatic nitrogens is 1. The van der Waals surface area contributed by atoms with Crippen LogP contribution in [-0.4, -0.2) is 4.98 Å². The van der Waals surface area contributed by atoms with Crippen LogP contribution < -0.4 is 4.74 Å². The zero-order chi connectivity index (χ0) is 13.1. The summed E-state index contributed by atoms with van der Waals surface area (Å²) in [5.41, 5.74) is 1.97. The lowest BCUT2D eigenvalue weighted by molar-refractivity contribution is 0.306. The van der Waals surface area contributed by atoms with Crippen LogP contribution in [0.5, 0.6) is 5.75 Å². The summed E-state index contributed by atoms with van der Waals surface area (Å²) in [6.07, 6.45) is 0. The molecule has 92 valence electrons. The van der Waals surface area contributed by atoms with Gasteiger partial charge in [0, 0.05) is 0 Å². The van der Waals surface area contributed by atoms with Crippen molar-refractivity contribution in [1.29, 1.82) is 5.26 Å².